The zero-order chi connectivity index (χ0) is 10.6. The van der Waals surface area contributed by atoms with Crippen LogP contribution in [-0.2, 0) is 0 Å². The van der Waals surface area contributed by atoms with E-state index in [1.165, 1.54) is 0 Å². The van der Waals surface area contributed by atoms with Gasteiger partial charge >= 0.3 is 0 Å². The van der Waals surface area contributed by atoms with E-state index in [0.717, 1.165) is 4.47 Å². The quantitative estimate of drug-likeness (QED) is 0.499. The summed E-state index contributed by atoms with van der Waals surface area (Å²) in [6.45, 7) is 1.71. The number of nitrogen functional groups attached to an aromatic ring is 1. The fourth-order valence-electron chi connectivity index (χ4n) is 0.971. The molecular formula is C11H10BrNO. The number of carbonyl (C=O) groups is 1. The molecule has 0 atom stereocenters. The van der Waals surface area contributed by atoms with Gasteiger partial charge in [-0.05, 0) is 41.1 Å². The fraction of sp³-hybridized carbons (Fsp3) is 0.182. The second kappa shape index (κ2) is 4.83. The molecule has 2 N–H and O–H groups in total. The van der Waals surface area contributed by atoms with Crippen LogP contribution >= 0.6 is 15.9 Å². The third kappa shape index (κ3) is 2.61. The minimum absolute atomic E-state index is 0.0139. The van der Waals surface area contributed by atoms with Crippen molar-refractivity contribution in [1.82, 2.24) is 0 Å². The van der Waals surface area contributed by atoms with Crippen LogP contribution in [0.3, 0.4) is 0 Å². The topological polar surface area (TPSA) is 43.1 Å². The Morgan fingerprint density at radius 3 is 2.86 bits per heavy atom. The van der Waals surface area contributed by atoms with Crippen LogP contribution in [-0.4, -0.2) is 5.78 Å². The second-order valence-electron chi connectivity index (χ2n) is 2.76. The average Bonchev–Trinajstić information content (AvgIpc) is 2.18. The maximum absolute atomic E-state index is 11.5. The molecule has 3 heteroatoms. The highest BCUT2D eigenvalue weighted by atomic mass is 79.9. The minimum atomic E-state index is 0.0139. The molecule has 0 fully saturated rings. The Bertz CT molecular complexity index is 415. The standard InChI is InChI=1S/C11H10BrNO/c1-2-3-4-11(14)8-5-6-10(13)9(12)7-8/h5-7H,4,13H2,1H3. The molecule has 1 aromatic carbocycles. The summed E-state index contributed by atoms with van der Waals surface area (Å²) < 4.78 is 0.743. The lowest BCUT2D eigenvalue weighted by atomic mass is 10.1. The maximum Gasteiger partial charge on any atom is 0.174 e. The van der Waals surface area contributed by atoms with E-state index >= 15 is 0 Å². The molecule has 14 heavy (non-hydrogen) atoms. The van der Waals surface area contributed by atoms with E-state index in [-0.39, 0.29) is 12.2 Å². The Labute approximate surface area is 91.6 Å². The number of benzene rings is 1. The molecule has 1 aromatic rings. The van der Waals surface area contributed by atoms with E-state index in [1.54, 1.807) is 25.1 Å². The van der Waals surface area contributed by atoms with Gasteiger partial charge in [0.1, 0.15) is 0 Å². The van der Waals surface area contributed by atoms with Crippen molar-refractivity contribution >= 4 is 27.4 Å². The van der Waals surface area contributed by atoms with Crippen LogP contribution in [0.5, 0.6) is 0 Å². The van der Waals surface area contributed by atoms with Crippen LogP contribution in [0, 0.1) is 11.8 Å². The van der Waals surface area contributed by atoms with E-state index < -0.39 is 0 Å². The zero-order valence-electron chi connectivity index (χ0n) is 7.80. The number of Topliss-reactive ketones (excluding diaryl/α,β-unsaturated/α-hetero) is 1. The molecule has 1 rings (SSSR count). The zero-order valence-corrected chi connectivity index (χ0v) is 9.39. The van der Waals surface area contributed by atoms with Crippen LogP contribution in [0.15, 0.2) is 22.7 Å². The first-order chi connectivity index (χ1) is 6.65. The van der Waals surface area contributed by atoms with Gasteiger partial charge < -0.3 is 5.73 Å². The van der Waals surface area contributed by atoms with Gasteiger partial charge in [-0.3, -0.25) is 4.79 Å². The van der Waals surface area contributed by atoms with Crippen LogP contribution in [0.2, 0.25) is 0 Å². The number of halogens is 1. The van der Waals surface area contributed by atoms with Crippen LogP contribution in [0.25, 0.3) is 0 Å². The molecule has 0 spiro atoms. The third-order valence-corrected chi connectivity index (χ3v) is 2.43. The maximum atomic E-state index is 11.5. The first-order valence-electron chi connectivity index (χ1n) is 4.13. The summed E-state index contributed by atoms with van der Waals surface area (Å²) in [5, 5.41) is 0. The summed E-state index contributed by atoms with van der Waals surface area (Å²) in [4.78, 5) is 11.5. The Hall–Kier alpha value is -1.27. The Morgan fingerprint density at radius 2 is 2.29 bits per heavy atom. The van der Waals surface area contributed by atoms with E-state index in [0.29, 0.717) is 11.3 Å². The van der Waals surface area contributed by atoms with E-state index in [2.05, 4.69) is 27.8 Å². The molecule has 0 saturated carbocycles. The number of hydrogen-bond acceptors (Lipinski definition) is 2. The van der Waals surface area contributed by atoms with Crippen molar-refractivity contribution in [2.45, 2.75) is 13.3 Å². The Balaban J connectivity index is 2.89. The van der Waals surface area contributed by atoms with Crippen molar-refractivity contribution in [2.24, 2.45) is 0 Å². The molecule has 0 heterocycles. The first-order valence-corrected chi connectivity index (χ1v) is 4.92. The van der Waals surface area contributed by atoms with Crippen molar-refractivity contribution in [3.63, 3.8) is 0 Å². The van der Waals surface area contributed by atoms with Gasteiger partial charge in [0.05, 0.1) is 6.42 Å². The highest BCUT2D eigenvalue weighted by Crippen LogP contribution is 2.20. The summed E-state index contributed by atoms with van der Waals surface area (Å²) in [5.41, 5.74) is 6.86. The SMILES string of the molecule is CC#CCC(=O)c1ccc(N)c(Br)c1. The fourth-order valence-corrected chi connectivity index (χ4v) is 1.35. The van der Waals surface area contributed by atoms with E-state index in [1.807, 2.05) is 0 Å². The summed E-state index contributed by atoms with van der Waals surface area (Å²) in [5.74, 6) is 5.44. The molecule has 0 bridgehead atoms. The third-order valence-electron chi connectivity index (χ3n) is 1.75. The lowest BCUT2D eigenvalue weighted by Gasteiger charge is -2.00. The van der Waals surface area contributed by atoms with Crippen molar-refractivity contribution in [1.29, 1.82) is 0 Å². The molecule has 0 saturated heterocycles. The van der Waals surface area contributed by atoms with Gasteiger partial charge in [0.25, 0.3) is 0 Å². The second-order valence-corrected chi connectivity index (χ2v) is 3.62. The molecule has 0 amide bonds. The van der Waals surface area contributed by atoms with Gasteiger partial charge in [0, 0.05) is 15.7 Å². The van der Waals surface area contributed by atoms with Crippen LogP contribution < -0.4 is 5.73 Å². The summed E-state index contributed by atoms with van der Waals surface area (Å²) in [7, 11) is 0. The first kappa shape index (κ1) is 10.8. The lowest BCUT2D eigenvalue weighted by molar-refractivity contribution is 0.0998. The van der Waals surface area contributed by atoms with Gasteiger partial charge in [-0.1, -0.05) is 5.92 Å². The number of ketones is 1. The molecule has 0 aliphatic heterocycles. The largest absolute Gasteiger partial charge is 0.398 e. The van der Waals surface area contributed by atoms with E-state index in [9.17, 15) is 4.79 Å². The highest BCUT2D eigenvalue weighted by molar-refractivity contribution is 9.10. The van der Waals surface area contributed by atoms with Gasteiger partial charge in [0.2, 0.25) is 0 Å². The number of rotatable bonds is 2. The van der Waals surface area contributed by atoms with Crippen molar-refractivity contribution < 1.29 is 4.79 Å². The van der Waals surface area contributed by atoms with Gasteiger partial charge in [-0.15, -0.1) is 5.92 Å². The predicted octanol–water partition coefficient (Wildman–Crippen LogP) is 2.63. The number of carbonyl (C=O) groups excluding carboxylic acids is 1. The molecule has 0 aliphatic rings. The molecule has 0 aliphatic carbocycles. The van der Waals surface area contributed by atoms with Gasteiger partial charge in [-0.25, -0.2) is 0 Å². The molecular weight excluding hydrogens is 242 g/mol. The Kier molecular flexibility index (Phi) is 3.73. The van der Waals surface area contributed by atoms with Crippen LogP contribution in [0.4, 0.5) is 5.69 Å². The normalized spacial score (nSPS) is 9.00. The molecule has 0 unspecified atom stereocenters. The average molecular weight is 252 g/mol. The number of anilines is 1. The monoisotopic (exact) mass is 251 g/mol. The van der Waals surface area contributed by atoms with Gasteiger partial charge in [-0.2, -0.15) is 0 Å². The number of nitrogens with two attached hydrogens (primary N) is 1. The minimum Gasteiger partial charge on any atom is -0.398 e. The smallest absolute Gasteiger partial charge is 0.174 e. The molecule has 0 radical (unpaired) electrons. The molecule has 72 valence electrons. The summed E-state index contributed by atoms with van der Waals surface area (Å²) in [6.07, 6.45) is 0.257. The molecule has 0 aromatic heterocycles. The van der Waals surface area contributed by atoms with Crippen LogP contribution in [0.1, 0.15) is 23.7 Å². The Morgan fingerprint density at radius 1 is 1.57 bits per heavy atom. The van der Waals surface area contributed by atoms with E-state index in [4.69, 9.17) is 5.73 Å². The van der Waals surface area contributed by atoms with Crippen molar-refractivity contribution in [3.05, 3.63) is 28.2 Å². The molecule has 2 nitrogen and oxygen atoms in total. The summed E-state index contributed by atoms with van der Waals surface area (Å²) in [6, 6.07) is 5.13. The number of hydrogen-bond donors (Lipinski definition) is 1. The van der Waals surface area contributed by atoms with Crippen molar-refractivity contribution in [2.75, 3.05) is 5.73 Å². The van der Waals surface area contributed by atoms with Crippen molar-refractivity contribution in [3.8, 4) is 11.8 Å². The highest BCUT2D eigenvalue weighted by Gasteiger charge is 2.05. The lowest BCUT2D eigenvalue weighted by Crippen LogP contribution is -1.98. The summed E-state index contributed by atoms with van der Waals surface area (Å²) >= 11 is 3.27. The predicted molar refractivity (Wildman–Crippen MR) is 61.0 cm³/mol. The van der Waals surface area contributed by atoms with Gasteiger partial charge in [0.15, 0.2) is 5.78 Å².